The fraction of sp³-hybridized carbons (Fsp3) is 0.438. The number of ether oxygens (including phenoxy) is 2. The van der Waals surface area contributed by atoms with Gasteiger partial charge < -0.3 is 9.47 Å². The zero-order valence-corrected chi connectivity index (χ0v) is 11.1. The second-order valence-corrected chi connectivity index (χ2v) is 4.71. The van der Waals surface area contributed by atoms with Crippen molar-refractivity contribution in [1.82, 2.24) is 0 Å². The summed E-state index contributed by atoms with van der Waals surface area (Å²) in [6.07, 6.45) is 7.09. The van der Waals surface area contributed by atoms with Crippen LogP contribution in [0.15, 0.2) is 42.5 Å². The quantitative estimate of drug-likeness (QED) is 0.616. The molecule has 1 aromatic carbocycles. The van der Waals surface area contributed by atoms with E-state index >= 15 is 0 Å². The minimum absolute atomic E-state index is 0.114. The Kier molecular flexibility index (Phi) is 5.63. The van der Waals surface area contributed by atoms with Gasteiger partial charge in [-0.25, -0.2) is 0 Å². The third kappa shape index (κ3) is 5.26. The van der Waals surface area contributed by atoms with Crippen LogP contribution in [-0.2, 0) is 20.9 Å². The van der Waals surface area contributed by atoms with Crippen LogP contribution < -0.4 is 0 Å². The minimum atomic E-state index is -0.162. The summed E-state index contributed by atoms with van der Waals surface area (Å²) < 4.78 is 11.0. The molecule has 0 N–H and O–H groups in total. The van der Waals surface area contributed by atoms with Gasteiger partial charge >= 0.3 is 5.97 Å². The molecule has 19 heavy (non-hydrogen) atoms. The molecule has 1 aliphatic rings. The van der Waals surface area contributed by atoms with Gasteiger partial charge in [0.15, 0.2) is 0 Å². The van der Waals surface area contributed by atoms with Crippen molar-refractivity contribution in [3.63, 3.8) is 0 Å². The van der Waals surface area contributed by atoms with Crippen LogP contribution in [-0.4, -0.2) is 18.7 Å². The van der Waals surface area contributed by atoms with Gasteiger partial charge in [0.2, 0.25) is 0 Å². The number of cyclic esters (lactones) is 1. The number of allylic oxidation sites excluding steroid dienone is 1. The highest BCUT2D eigenvalue weighted by atomic mass is 16.6. The van der Waals surface area contributed by atoms with Crippen LogP contribution in [0.5, 0.6) is 0 Å². The average molecular weight is 260 g/mol. The van der Waals surface area contributed by atoms with E-state index in [1.165, 1.54) is 0 Å². The lowest BCUT2D eigenvalue weighted by atomic mass is 10.2. The van der Waals surface area contributed by atoms with E-state index in [-0.39, 0.29) is 12.1 Å². The molecule has 0 aromatic heterocycles. The van der Waals surface area contributed by atoms with Crippen LogP contribution in [0.4, 0.5) is 0 Å². The van der Waals surface area contributed by atoms with Crippen molar-refractivity contribution in [2.45, 2.75) is 38.4 Å². The van der Waals surface area contributed by atoms with E-state index in [9.17, 15) is 4.79 Å². The van der Waals surface area contributed by atoms with Crippen LogP contribution in [0.1, 0.15) is 31.2 Å². The van der Waals surface area contributed by atoms with Crippen LogP contribution in [0.3, 0.4) is 0 Å². The average Bonchev–Trinajstić information content (AvgIpc) is 2.52. The summed E-state index contributed by atoms with van der Waals surface area (Å²) in [6, 6.07) is 10.0. The second-order valence-electron chi connectivity index (χ2n) is 4.71. The summed E-state index contributed by atoms with van der Waals surface area (Å²) >= 11 is 0. The Balaban J connectivity index is 1.78. The molecule has 0 spiro atoms. The number of hydrogen-bond donors (Lipinski definition) is 0. The molecule has 2 rings (SSSR count). The largest absolute Gasteiger partial charge is 0.460 e. The smallest absolute Gasteiger partial charge is 0.306 e. The zero-order chi connectivity index (χ0) is 13.3. The Bertz CT molecular complexity index is 411. The fourth-order valence-corrected chi connectivity index (χ4v) is 2.01. The standard InChI is InChI=1S/C16H20O3/c17-16-11-7-2-1-6-10-15(19-16)13-18-12-14-8-4-3-5-9-14/h1,3-6,8-9,15H,2,7,10-13H2/b6-1-. The van der Waals surface area contributed by atoms with Gasteiger partial charge in [-0.1, -0.05) is 42.5 Å². The first-order valence-corrected chi connectivity index (χ1v) is 6.81. The Morgan fingerprint density at radius 1 is 1.21 bits per heavy atom. The first-order chi connectivity index (χ1) is 9.34. The molecule has 0 bridgehead atoms. The monoisotopic (exact) mass is 260 g/mol. The summed E-state index contributed by atoms with van der Waals surface area (Å²) in [5.74, 6) is -0.114. The molecule has 0 saturated carbocycles. The maximum Gasteiger partial charge on any atom is 0.306 e. The van der Waals surface area contributed by atoms with Crippen molar-refractivity contribution in [3.05, 3.63) is 48.0 Å². The molecule has 3 nitrogen and oxygen atoms in total. The van der Waals surface area contributed by atoms with E-state index in [4.69, 9.17) is 9.47 Å². The summed E-state index contributed by atoms with van der Waals surface area (Å²) in [5.41, 5.74) is 1.13. The summed E-state index contributed by atoms with van der Waals surface area (Å²) in [6.45, 7) is 1.00. The molecule has 0 radical (unpaired) electrons. The summed E-state index contributed by atoms with van der Waals surface area (Å²) in [7, 11) is 0. The molecule has 1 unspecified atom stereocenters. The molecule has 1 heterocycles. The van der Waals surface area contributed by atoms with Gasteiger partial charge in [0, 0.05) is 12.8 Å². The van der Waals surface area contributed by atoms with Crippen molar-refractivity contribution in [1.29, 1.82) is 0 Å². The highest BCUT2D eigenvalue weighted by Crippen LogP contribution is 2.10. The van der Waals surface area contributed by atoms with Gasteiger partial charge in [0.1, 0.15) is 6.10 Å². The maximum atomic E-state index is 11.5. The molecule has 102 valence electrons. The predicted molar refractivity (Wildman–Crippen MR) is 73.6 cm³/mol. The first-order valence-electron chi connectivity index (χ1n) is 6.81. The number of hydrogen-bond acceptors (Lipinski definition) is 3. The second kappa shape index (κ2) is 7.74. The van der Waals surface area contributed by atoms with E-state index in [1.54, 1.807) is 0 Å². The van der Waals surface area contributed by atoms with Crippen molar-refractivity contribution in [2.75, 3.05) is 6.61 Å². The zero-order valence-electron chi connectivity index (χ0n) is 11.1. The third-order valence-electron chi connectivity index (χ3n) is 3.03. The number of benzene rings is 1. The van der Waals surface area contributed by atoms with Gasteiger partial charge in [-0.15, -0.1) is 0 Å². The SMILES string of the molecule is O=C1CCC/C=C\CC(COCc2ccccc2)O1. The van der Waals surface area contributed by atoms with E-state index in [0.717, 1.165) is 24.8 Å². The molecule has 1 atom stereocenters. The van der Waals surface area contributed by atoms with Gasteiger partial charge in [-0.05, 0) is 18.4 Å². The van der Waals surface area contributed by atoms with Gasteiger partial charge in [0.05, 0.1) is 13.2 Å². The topological polar surface area (TPSA) is 35.5 Å². The summed E-state index contributed by atoms with van der Waals surface area (Å²) in [5, 5.41) is 0. The molecule has 0 fully saturated rings. The van der Waals surface area contributed by atoms with Crippen molar-refractivity contribution in [3.8, 4) is 0 Å². The predicted octanol–water partition coefficient (Wildman–Crippen LogP) is 3.25. The van der Waals surface area contributed by atoms with Crippen LogP contribution in [0.25, 0.3) is 0 Å². The fourth-order valence-electron chi connectivity index (χ4n) is 2.01. The van der Waals surface area contributed by atoms with E-state index in [2.05, 4.69) is 12.2 Å². The lowest BCUT2D eigenvalue weighted by Crippen LogP contribution is -2.22. The van der Waals surface area contributed by atoms with Crippen LogP contribution in [0, 0.1) is 0 Å². The normalized spacial score (nSPS) is 21.9. The first kappa shape index (κ1) is 13.8. The molecule has 3 heteroatoms. The van der Waals surface area contributed by atoms with E-state index in [0.29, 0.717) is 19.6 Å². The van der Waals surface area contributed by atoms with Crippen molar-refractivity contribution in [2.24, 2.45) is 0 Å². The van der Waals surface area contributed by atoms with Gasteiger partial charge in [0.25, 0.3) is 0 Å². The third-order valence-corrected chi connectivity index (χ3v) is 3.03. The van der Waals surface area contributed by atoms with Crippen LogP contribution in [0.2, 0.25) is 0 Å². The Morgan fingerprint density at radius 3 is 2.89 bits per heavy atom. The lowest BCUT2D eigenvalue weighted by Gasteiger charge is -2.16. The maximum absolute atomic E-state index is 11.5. The number of rotatable bonds is 4. The molecule has 1 aliphatic heterocycles. The van der Waals surface area contributed by atoms with E-state index < -0.39 is 0 Å². The number of carbonyl (C=O) groups excluding carboxylic acids is 1. The molecular formula is C16H20O3. The molecule has 0 saturated heterocycles. The molecular weight excluding hydrogens is 240 g/mol. The highest BCUT2D eigenvalue weighted by molar-refractivity contribution is 5.69. The van der Waals surface area contributed by atoms with E-state index in [1.807, 2.05) is 30.3 Å². The number of esters is 1. The molecule has 1 aromatic rings. The van der Waals surface area contributed by atoms with Crippen molar-refractivity contribution >= 4 is 5.97 Å². The van der Waals surface area contributed by atoms with Gasteiger partial charge in [-0.2, -0.15) is 0 Å². The summed E-state index contributed by atoms with van der Waals surface area (Å²) in [4.78, 5) is 11.5. The van der Waals surface area contributed by atoms with Crippen LogP contribution >= 0.6 is 0 Å². The number of carbonyl (C=O) groups is 1. The Labute approximate surface area is 114 Å². The minimum Gasteiger partial charge on any atom is -0.460 e. The Hall–Kier alpha value is -1.61. The molecule has 0 aliphatic carbocycles. The van der Waals surface area contributed by atoms with Crippen molar-refractivity contribution < 1.29 is 14.3 Å². The Morgan fingerprint density at radius 2 is 2.05 bits per heavy atom. The lowest BCUT2D eigenvalue weighted by molar-refractivity contribution is -0.152. The highest BCUT2D eigenvalue weighted by Gasteiger charge is 2.14. The van der Waals surface area contributed by atoms with Gasteiger partial charge in [-0.3, -0.25) is 4.79 Å². The molecule has 0 amide bonds.